The first-order valence-corrected chi connectivity index (χ1v) is 11.5. The maximum Gasteiger partial charge on any atom is 0.229 e. The number of carbonyl (C=O) groups excluding carboxylic acids is 1. The average Bonchev–Trinajstić information content (AvgIpc) is 3.73. The maximum atomic E-state index is 13.8. The van der Waals surface area contributed by atoms with Gasteiger partial charge in [0, 0.05) is 23.7 Å². The first-order chi connectivity index (χ1) is 16.1. The highest BCUT2D eigenvalue weighted by Crippen LogP contribution is 2.64. The number of halogens is 1. The number of benzene rings is 1. The van der Waals surface area contributed by atoms with E-state index in [1.165, 1.54) is 18.3 Å². The number of anilines is 1. The van der Waals surface area contributed by atoms with E-state index in [2.05, 4.69) is 15.3 Å². The number of nitrogens with one attached hydrogen (secondary N) is 1. The van der Waals surface area contributed by atoms with Gasteiger partial charge >= 0.3 is 0 Å². The van der Waals surface area contributed by atoms with Crippen molar-refractivity contribution in [3.63, 3.8) is 0 Å². The Morgan fingerprint density at radius 3 is 2.67 bits per heavy atom. The molecule has 1 unspecified atom stereocenters. The summed E-state index contributed by atoms with van der Waals surface area (Å²) in [6, 6.07) is 11.7. The number of hydrogen-bond donors (Lipinski definition) is 1. The molecule has 1 amide bonds. The van der Waals surface area contributed by atoms with Crippen LogP contribution in [0.2, 0.25) is 0 Å². The van der Waals surface area contributed by atoms with Crippen molar-refractivity contribution in [3.8, 4) is 11.8 Å². The number of hydrogen-bond acceptors (Lipinski definition) is 5. The second-order valence-electron chi connectivity index (χ2n) is 9.48. The van der Waals surface area contributed by atoms with Crippen LogP contribution in [0.3, 0.4) is 0 Å². The van der Waals surface area contributed by atoms with Crippen LogP contribution in [-0.4, -0.2) is 22.0 Å². The smallest absolute Gasteiger partial charge is 0.229 e. The number of amides is 1. The molecule has 33 heavy (non-hydrogen) atoms. The van der Waals surface area contributed by atoms with Crippen LogP contribution in [0, 0.1) is 46.7 Å². The van der Waals surface area contributed by atoms with E-state index in [4.69, 9.17) is 10.00 Å². The molecule has 3 aliphatic rings. The van der Waals surface area contributed by atoms with E-state index in [0.717, 1.165) is 31.2 Å². The molecular formula is C26H23FN4O2. The molecule has 7 heteroatoms. The van der Waals surface area contributed by atoms with Crippen LogP contribution in [0.15, 0.2) is 48.8 Å². The van der Waals surface area contributed by atoms with Gasteiger partial charge in [0.15, 0.2) is 0 Å². The van der Waals surface area contributed by atoms with Crippen LogP contribution in [0.4, 0.5) is 10.2 Å². The van der Waals surface area contributed by atoms with Crippen molar-refractivity contribution in [2.24, 2.45) is 29.6 Å². The van der Waals surface area contributed by atoms with Crippen molar-refractivity contribution < 1.29 is 13.9 Å². The van der Waals surface area contributed by atoms with E-state index >= 15 is 0 Å². The molecule has 0 saturated heterocycles. The minimum absolute atomic E-state index is 0.00856. The Morgan fingerprint density at radius 2 is 1.97 bits per heavy atom. The molecule has 6 rings (SSSR count). The molecule has 3 aliphatic carbocycles. The Morgan fingerprint density at radius 1 is 1.15 bits per heavy atom. The zero-order valence-electron chi connectivity index (χ0n) is 17.9. The Labute approximate surface area is 190 Å². The molecule has 2 heterocycles. The number of carbonyl (C=O) groups is 1. The highest BCUT2D eigenvalue weighted by atomic mass is 19.1. The molecular weight excluding hydrogens is 419 g/mol. The second-order valence-corrected chi connectivity index (χ2v) is 9.48. The van der Waals surface area contributed by atoms with Crippen molar-refractivity contribution in [2.45, 2.75) is 31.8 Å². The zero-order chi connectivity index (χ0) is 22.5. The predicted octanol–water partition coefficient (Wildman–Crippen LogP) is 4.71. The fraction of sp³-hybridized carbons (Fsp3) is 0.385. The summed E-state index contributed by atoms with van der Waals surface area (Å²) >= 11 is 0. The molecule has 0 aliphatic heterocycles. The van der Waals surface area contributed by atoms with Crippen LogP contribution in [0.5, 0.6) is 5.75 Å². The lowest BCUT2D eigenvalue weighted by Crippen LogP contribution is -2.29. The number of pyridine rings is 2. The van der Waals surface area contributed by atoms with Crippen LogP contribution < -0.4 is 10.1 Å². The third-order valence-corrected chi connectivity index (χ3v) is 7.42. The quantitative estimate of drug-likeness (QED) is 0.597. The van der Waals surface area contributed by atoms with Crippen LogP contribution in [0.1, 0.15) is 31.2 Å². The molecule has 3 fully saturated rings. The number of nitriles is 1. The minimum atomic E-state index is -0.301. The summed E-state index contributed by atoms with van der Waals surface area (Å²) in [6.45, 7) is 0. The van der Waals surface area contributed by atoms with Gasteiger partial charge in [-0.05, 0) is 85.8 Å². The summed E-state index contributed by atoms with van der Waals surface area (Å²) < 4.78 is 20.0. The lowest BCUT2D eigenvalue weighted by atomic mass is 9.91. The largest absolute Gasteiger partial charge is 0.490 e. The van der Waals surface area contributed by atoms with Gasteiger partial charge in [-0.2, -0.15) is 5.26 Å². The molecule has 166 valence electrons. The Hall–Kier alpha value is -3.53. The fourth-order valence-corrected chi connectivity index (χ4v) is 5.75. The van der Waals surface area contributed by atoms with Gasteiger partial charge in [0.2, 0.25) is 5.91 Å². The number of fused-ring (bicyclic) bond motifs is 2. The molecule has 6 nitrogen and oxygen atoms in total. The average molecular weight is 442 g/mol. The van der Waals surface area contributed by atoms with Gasteiger partial charge < -0.3 is 10.1 Å². The first kappa shape index (κ1) is 20.1. The molecule has 3 aromatic rings. The van der Waals surface area contributed by atoms with Crippen LogP contribution >= 0.6 is 0 Å². The van der Waals surface area contributed by atoms with E-state index in [0.29, 0.717) is 46.2 Å². The summed E-state index contributed by atoms with van der Waals surface area (Å²) in [5.41, 5.74) is 1.19. The van der Waals surface area contributed by atoms with E-state index in [1.807, 2.05) is 6.07 Å². The van der Waals surface area contributed by atoms with Crippen LogP contribution in [-0.2, 0) is 4.79 Å². The van der Waals surface area contributed by atoms with Gasteiger partial charge in [0.05, 0.1) is 17.2 Å². The van der Waals surface area contributed by atoms with Crippen LogP contribution in [0.25, 0.3) is 10.9 Å². The normalized spacial score (nSPS) is 26.3. The van der Waals surface area contributed by atoms with Gasteiger partial charge in [0.1, 0.15) is 23.5 Å². The van der Waals surface area contributed by atoms with E-state index in [9.17, 15) is 9.18 Å². The minimum Gasteiger partial charge on any atom is -0.490 e. The van der Waals surface area contributed by atoms with Crippen molar-refractivity contribution in [1.29, 1.82) is 5.26 Å². The monoisotopic (exact) mass is 442 g/mol. The van der Waals surface area contributed by atoms with Gasteiger partial charge in [-0.25, -0.2) is 9.37 Å². The number of ether oxygens (including phenoxy) is 1. The molecule has 2 aromatic heterocycles. The van der Waals surface area contributed by atoms with Gasteiger partial charge in [0.25, 0.3) is 0 Å². The van der Waals surface area contributed by atoms with E-state index in [-0.39, 0.29) is 23.7 Å². The SMILES string of the molecule is N#Cc1ccc(NC(=O)C(C2CC2)[C@H]2[C@@H]3C[C@@H](Oc4ccnc5ccc(F)cc45)C[C@@H]32)nc1. The van der Waals surface area contributed by atoms with E-state index < -0.39 is 0 Å². The Bertz CT molecular complexity index is 1260. The van der Waals surface area contributed by atoms with Crippen molar-refractivity contribution in [3.05, 3.63) is 60.2 Å². The topological polar surface area (TPSA) is 87.9 Å². The number of rotatable bonds is 6. The second kappa shape index (κ2) is 7.80. The predicted molar refractivity (Wildman–Crippen MR) is 120 cm³/mol. The molecule has 3 saturated carbocycles. The molecule has 1 aromatic carbocycles. The third kappa shape index (κ3) is 3.80. The molecule has 0 bridgehead atoms. The Kier molecular flexibility index (Phi) is 4.75. The summed E-state index contributed by atoms with van der Waals surface area (Å²) in [5.74, 6) is 2.74. The third-order valence-electron chi connectivity index (χ3n) is 7.42. The molecule has 5 atom stereocenters. The molecule has 0 spiro atoms. The lowest BCUT2D eigenvalue weighted by Gasteiger charge is -2.22. The Balaban J connectivity index is 1.12. The van der Waals surface area contributed by atoms with Gasteiger partial charge in [-0.1, -0.05) is 0 Å². The maximum absolute atomic E-state index is 13.8. The van der Waals surface area contributed by atoms with Crippen molar-refractivity contribution >= 4 is 22.6 Å². The van der Waals surface area contributed by atoms with Gasteiger partial charge in [-0.15, -0.1) is 0 Å². The molecule has 1 N–H and O–H groups in total. The highest BCUT2D eigenvalue weighted by molar-refractivity contribution is 5.92. The number of aromatic nitrogens is 2. The highest BCUT2D eigenvalue weighted by Gasteiger charge is 2.63. The van der Waals surface area contributed by atoms with E-state index in [1.54, 1.807) is 30.5 Å². The summed E-state index contributed by atoms with van der Waals surface area (Å²) in [6.07, 6.45) is 7.28. The summed E-state index contributed by atoms with van der Waals surface area (Å²) in [5, 5.41) is 12.6. The summed E-state index contributed by atoms with van der Waals surface area (Å²) in [4.78, 5) is 21.6. The summed E-state index contributed by atoms with van der Waals surface area (Å²) in [7, 11) is 0. The fourth-order valence-electron chi connectivity index (χ4n) is 5.75. The first-order valence-electron chi connectivity index (χ1n) is 11.5. The number of nitrogens with zero attached hydrogens (tertiary/aromatic N) is 3. The van der Waals surface area contributed by atoms with Gasteiger partial charge in [-0.3, -0.25) is 9.78 Å². The standard InChI is InChI=1S/C26H23FN4O2/c27-16-4-5-21-20(9-16)22(7-8-29-21)33-17-10-18-19(11-17)25(18)24(15-2-3-15)26(32)31-23-6-1-14(12-28)13-30-23/h1,4-9,13,15,17-19,24-25H,2-3,10-11H2,(H,30,31,32)/t17-,18-,19+,24?,25+. The molecule has 0 radical (unpaired) electrons. The zero-order valence-corrected chi connectivity index (χ0v) is 17.9. The lowest BCUT2D eigenvalue weighted by molar-refractivity contribution is -0.121. The van der Waals surface area contributed by atoms with Crippen molar-refractivity contribution in [1.82, 2.24) is 9.97 Å². The van der Waals surface area contributed by atoms with Crippen molar-refractivity contribution in [2.75, 3.05) is 5.32 Å².